The summed E-state index contributed by atoms with van der Waals surface area (Å²) >= 11 is 0. The van der Waals surface area contributed by atoms with Gasteiger partial charge in [-0.3, -0.25) is 4.57 Å². The minimum atomic E-state index is -0.0113. The molecule has 24 heavy (non-hydrogen) atoms. The number of aromatic nitrogens is 2. The molecule has 2 aliphatic heterocycles. The van der Waals surface area contributed by atoms with Crippen molar-refractivity contribution in [2.24, 2.45) is 0 Å². The van der Waals surface area contributed by atoms with Gasteiger partial charge in [-0.15, -0.1) is 0 Å². The molecule has 2 saturated heterocycles. The molecule has 0 atom stereocenters. The lowest BCUT2D eigenvalue weighted by atomic mass is 9.99. The Bertz CT molecular complexity index is 752. The first-order valence-electron chi connectivity index (χ1n) is 8.86. The molecule has 4 rings (SSSR count). The predicted molar refractivity (Wildman–Crippen MR) is 92.8 cm³/mol. The zero-order chi connectivity index (χ0) is 16.5. The molecule has 2 aromatic rings. The molecular formula is C18H25N3O3. The van der Waals surface area contributed by atoms with Crippen LogP contribution in [-0.4, -0.2) is 53.9 Å². The normalized spacial score (nSPS) is 21.4. The summed E-state index contributed by atoms with van der Waals surface area (Å²) < 4.78 is 12.7. The number of likely N-dealkylation sites (tertiary alicyclic amines) is 1. The number of rotatable bonds is 3. The summed E-state index contributed by atoms with van der Waals surface area (Å²) in [6, 6.07) is 6.67. The van der Waals surface area contributed by atoms with Gasteiger partial charge in [0.25, 0.3) is 0 Å². The third kappa shape index (κ3) is 2.84. The largest absolute Gasteiger partial charge is 0.497 e. The molecule has 0 radical (unpaired) electrons. The molecule has 3 heterocycles. The van der Waals surface area contributed by atoms with Crippen molar-refractivity contribution in [1.82, 2.24) is 14.5 Å². The van der Waals surface area contributed by atoms with Crippen LogP contribution < -0.4 is 10.4 Å². The minimum absolute atomic E-state index is 0.0113. The second-order valence-corrected chi connectivity index (χ2v) is 6.79. The second-order valence-electron chi connectivity index (χ2n) is 6.79. The van der Waals surface area contributed by atoms with E-state index >= 15 is 0 Å². The van der Waals surface area contributed by atoms with Crippen molar-refractivity contribution in [2.45, 2.75) is 37.8 Å². The first-order valence-corrected chi connectivity index (χ1v) is 8.86. The van der Waals surface area contributed by atoms with Gasteiger partial charge in [0.2, 0.25) is 0 Å². The van der Waals surface area contributed by atoms with E-state index in [0.29, 0.717) is 6.04 Å². The molecule has 0 aliphatic carbocycles. The standard InChI is InChI=1S/C18H25N3O3/c1-23-15-2-3-16-17(12-15)21(18(22)19-16)14-4-8-20(9-5-14)13-6-10-24-11-7-13/h2-3,12-14H,4-11H2,1H3,(H,19,22). The summed E-state index contributed by atoms with van der Waals surface area (Å²) in [6.45, 7) is 3.87. The average molecular weight is 331 g/mol. The van der Waals surface area contributed by atoms with E-state index in [9.17, 15) is 4.79 Å². The predicted octanol–water partition coefficient (Wildman–Crippen LogP) is 2.15. The van der Waals surface area contributed by atoms with Crippen molar-refractivity contribution in [1.29, 1.82) is 0 Å². The van der Waals surface area contributed by atoms with Gasteiger partial charge in [0.05, 0.1) is 18.1 Å². The lowest BCUT2D eigenvalue weighted by Crippen LogP contribution is -2.45. The van der Waals surface area contributed by atoms with E-state index in [1.54, 1.807) is 7.11 Å². The Balaban J connectivity index is 1.54. The van der Waals surface area contributed by atoms with Crippen LogP contribution >= 0.6 is 0 Å². The number of H-pyrrole nitrogens is 1. The van der Waals surface area contributed by atoms with Crippen LogP contribution in [0, 0.1) is 0 Å². The highest BCUT2D eigenvalue weighted by Gasteiger charge is 2.28. The van der Waals surface area contributed by atoms with E-state index in [0.717, 1.165) is 68.8 Å². The molecule has 2 fully saturated rings. The van der Waals surface area contributed by atoms with Crippen molar-refractivity contribution in [3.8, 4) is 5.75 Å². The number of benzene rings is 1. The number of piperidine rings is 1. The number of aromatic amines is 1. The first kappa shape index (κ1) is 15.7. The third-order valence-electron chi connectivity index (χ3n) is 5.50. The van der Waals surface area contributed by atoms with Crippen LogP contribution in [-0.2, 0) is 4.74 Å². The van der Waals surface area contributed by atoms with Crippen LogP contribution in [0.25, 0.3) is 11.0 Å². The number of fused-ring (bicyclic) bond motifs is 1. The Morgan fingerprint density at radius 2 is 1.88 bits per heavy atom. The summed E-state index contributed by atoms with van der Waals surface area (Å²) in [4.78, 5) is 18.0. The van der Waals surface area contributed by atoms with Crippen LogP contribution in [0.2, 0.25) is 0 Å². The van der Waals surface area contributed by atoms with Gasteiger partial charge in [0, 0.05) is 44.5 Å². The molecule has 0 amide bonds. The number of methoxy groups -OCH3 is 1. The molecule has 6 nitrogen and oxygen atoms in total. The van der Waals surface area contributed by atoms with Crippen LogP contribution in [0.15, 0.2) is 23.0 Å². The van der Waals surface area contributed by atoms with Crippen molar-refractivity contribution >= 4 is 11.0 Å². The first-order chi connectivity index (χ1) is 11.8. The fraction of sp³-hybridized carbons (Fsp3) is 0.611. The van der Waals surface area contributed by atoms with Gasteiger partial charge < -0.3 is 19.4 Å². The summed E-state index contributed by atoms with van der Waals surface area (Å²) in [5.41, 5.74) is 1.82. The molecule has 6 heteroatoms. The Morgan fingerprint density at radius 3 is 2.58 bits per heavy atom. The lowest BCUT2D eigenvalue weighted by molar-refractivity contribution is 0.0220. The lowest BCUT2D eigenvalue weighted by Gasteiger charge is -2.39. The maximum absolute atomic E-state index is 12.5. The molecule has 0 spiro atoms. The number of ether oxygens (including phenoxy) is 2. The molecule has 0 bridgehead atoms. The Labute approximate surface area is 141 Å². The molecule has 1 N–H and O–H groups in total. The van der Waals surface area contributed by atoms with E-state index < -0.39 is 0 Å². The molecular weight excluding hydrogens is 306 g/mol. The number of nitrogens with one attached hydrogen (secondary N) is 1. The second kappa shape index (κ2) is 6.61. The molecule has 1 aromatic heterocycles. The monoisotopic (exact) mass is 331 g/mol. The highest BCUT2D eigenvalue weighted by molar-refractivity contribution is 5.77. The van der Waals surface area contributed by atoms with Gasteiger partial charge in [-0.2, -0.15) is 0 Å². The number of nitrogens with zero attached hydrogens (tertiary/aromatic N) is 2. The molecule has 130 valence electrons. The highest BCUT2D eigenvalue weighted by atomic mass is 16.5. The smallest absolute Gasteiger partial charge is 0.326 e. The zero-order valence-electron chi connectivity index (χ0n) is 14.2. The maximum atomic E-state index is 12.5. The third-order valence-corrected chi connectivity index (χ3v) is 5.50. The van der Waals surface area contributed by atoms with E-state index in [1.807, 2.05) is 22.8 Å². The van der Waals surface area contributed by atoms with Crippen molar-refractivity contribution < 1.29 is 9.47 Å². The molecule has 1 aromatic carbocycles. The highest BCUT2D eigenvalue weighted by Crippen LogP contribution is 2.29. The summed E-state index contributed by atoms with van der Waals surface area (Å²) in [5, 5.41) is 0. The van der Waals surface area contributed by atoms with Crippen molar-refractivity contribution in [3.63, 3.8) is 0 Å². The Morgan fingerprint density at radius 1 is 1.12 bits per heavy atom. The molecule has 0 unspecified atom stereocenters. The topological polar surface area (TPSA) is 59.5 Å². The summed E-state index contributed by atoms with van der Waals surface area (Å²) in [6.07, 6.45) is 4.30. The number of hydrogen-bond donors (Lipinski definition) is 1. The summed E-state index contributed by atoms with van der Waals surface area (Å²) in [5.74, 6) is 0.787. The van der Waals surface area contributed by atoms with Gasteiger partial charge in [0.15, 0.2) is 0 Å². The van der Waals surface area contributed by atoms with Gasteiger partial charge in [0.1, 0.15) is 5.75 Å². The van der Waals surface area contributed by atoms with E-state index in [2.05, 4.69) is 9.88 Å². The van der Waals surface area contributed by atoms with Gasteiger partial charge in [-0.05, 0) is 37.8 Å². The molecule has 2 aliphatic rings. The van der Waals surface area contributed by atoms with Crippen molar-refractivity contribution in [2.75, 3.05) is 33.4 Å². The van der Waals surface area contributed by atoms with Crippen LogP contribution in [0.5, 0.6) is 5.75 Å². The van der Waals surface area contributed by atoms with Crippen molar-refractivity contribution in [3.05, 3.63) is 28.7 Å². The van der Waals surface area contributed by atoms with Gasteiger partial charge >= 0.3 is 5.69 Å². The quantitative estimate of drug-likeness (QED) is 0.936. The average Bonchev–Trinajstić information content (AvgIpc) is 2.97. The minimum Gasteiger partial charge on any atom is -0.497 e. The fourth-order valence-electron chi connectivity index (χ4n) is 4.15. The van der Waals surface area contributed by atoms with Crippen LogP contribution in [0.1, 0.15) is 31.7 Å². The zero-order valence-corrected chi connectivity index (χ0v) is 14.2. The SMILES string of the molecule is COc1ccc2[nH]c(=O)n(C3CCN(C4CCOCC4)CC3)c2c1. The summed E-state index contributed by atoms with van der Waals surface area (Å²) in [7, 11) is 1.66. The maximum Gasteiger partial charge on any atom is 0.326 e. The number of hydrogen-bond acceptors (Lipinski definition) is 4. The van der Waals surface area contributed by atoms with Crippen LogP contribution in [0.4, 0.5) is 0 Å². The Hall–Kier alpha value is -1.79. The van der Waals surface area contributed by atoms with Gasteiger partial charge in [-0.25, -0.2) is 4.79 Å². The Kier molecular flexibility index (Phi) is 4.33. The fourth-order valence-corrected chi connectivity index (χ4v) is 4.15. The molecule has 0 saturated carbocycles. The van der Waals surface area contributed by atoms with E-state index in [4.69, 9.17) is 9.47 Å². The van der Waals surface area contributed by atoms with E-state index in [1.165, 1.54) is 0 Å². The number of imidazole rings is 1. The van der Waals surface area contributed by atoms with E-state index in [-0.39, 0.29) is 11.7 Å². The van der Waals surface area contributed by atoms with Crippen LogP contribution in [0.3, 0.4) is 0 Å². The van der Waals surface area contributed by atoms with Gasteiger partial charge in [-0.1, -0.05) is 0 Å².